The molecular weight excluding hydrogens is 524 g/mol. The standard InChI is InChI=1S/C22H28N6O7S2/c1-11(16-20(30)28(22(16,3)4)35-37(31,32)33)12(2)18(29)17(15-10-36-21(25)26-15)27-34-9-13-5-7-14(8-6-13)19(23)24/h5-8,10-12,16H,9H2,1-4H3,(H3,23,24)(H2,25,26)(H,31,32,33). The van der Waals surface area contributed by atoms with Crippen molar-refractivity contribution in [3.8, 4) is 0 Å². The third-order valence-corrected chi connectivity index (χ3v) is 7.31. The zero-order chi connectivity index (χ0) is 27.7. The van der Waals surface area contributed by atoms with Gasteiger partial charge in [-0.25, -0.2) is 4.98 Å². The van der Waals surface area contributed by atoms with Crippen LogP contribution in [0, 0.1) is 23.2 Å². The minimum absolute atomic E-state index is 0.0224. The van der Waals surface area contributed by atoms with E-state index in [0.29, 0.717) is 10.6 Å². The summed E-state index contributed by atoms with van der Waals surface area (Å²) < 4.78 is 35.6. The Balaban J connectivity index is 1.79. The first-order valence-electron chi connectivity index (χ1n) is 11.0. The molecule has 0 aliphatic carbocycles. The maximum absolute atomic E-state index is 13.5. The molecule has 3 atom stereocenters. The molecule has 1 saturated heterocycles. The van der Waals surface area contributed by atoms with Crippen LogP contribution >= 0.6 is 11.3 Å². The third kappa shape index (κ3) is 6.12. The van der Waals surface area contributed by atoms with Crippen molar-refractivity contribution in [3.63, 3.8) is 0 Å². The SMILES string of the molecule is CC(C(=O)C(=NOCc1ccc(C(=N)N)cc1)c1csc(N)n1)C(C)C1C(=O)N(OS(=O)(=O)O)C1(C)C. The Kier molecular flexibility index (Phi) is 8.02. The number of carbonyl (C=O) groups is 2. The van der Waals surface area contributed by atoms with Crippen LogP contribution in [0.4, 0.5) is 5.13 Å². The van der Waals surface area contributed by atoms with Crippen LogP contribution in [0.3, 0.4) is 0 Å². The molecule has 3 rings (SSSR count). The second kappa shape index (κ2) is 10.5. The lowest BCUT2D eigenvalue weighted by molar-refractivity contribution is -0.236. The maximum atomic E-state index is 13.5. The largest absolute Gasteiger partial charge is 0.418 e. The number of hydrogen-bond acceptors (Lipinski definition) is 11. The van der Waals surface area contributed by atoms with Gasteiger partial charge >= 0.3 is 10.4 Å². The van der Waals surface area contributed by atoms with Gasteiger partial charge in [0.1, 0.15) is 18.1 Å². The van der Waals surface area contributed by atoms with Crippen LogP contribution in [-0.4, -0.2) is 51.8 Å². The number of oxime groups is 1. The predicted octanol–water partition coefficient (Wildman–Crippen LogP) is 1.74. The summed E-state index contributed by atoms with van der Waals surface area (Å²) in [5, 5.41) is 13.9. The molecule has 1 fully saturated rings. The van der Waals surface area contributed by atoms with Gasteiger partial charge in [0.05, 0.1) is 11.5 Å². The first-order valence-corrected chi connectivity index (χ1v) is 13.3. The lowest BCUT2D eigenvalue weighted by Crippen LogP contribution is -2.70. The second-order valence-electron chi connectivity index (χ2n) is 9.17. The maximum Gasteiger partial charge on any atom is 0.418 e. The molecule has 13 nitrogen and oxygen atoms in total. The van der Waals surface area contributed by atoms with E-state index < -0.39 is 45.4 Å². The Morgan fingerprint density at radius 1 is 1.32 bits per heavy atom. The van der Waals surface area contributed by atoms with Crippen LogP contribution in [0.2, 0.25) is 0 Å². The normalized spacial score (nSPS) is 19.2. The lowest BCUT2D eigenvalue weighted by atomic mass is 9.66. The summed E-state index contributed by atoms with van der Waals surface area (Å²) in [6.07, 6.45) is 0. The summed E-state index contributed by atoms with van der Waals surface area (Å²) in [4.78, 5) is 35.8. The highest BCUT2D eigenvalue weighted by molar-refractivity contribution is 7.80. The number of hydrogen-bond donors (Lipinski definition) is 4. The number of anilines is 1. The number of benzene rings is 1. The van der Waals surface area contributed by atoms with Crippen molar-refractivity contribution < 1.29 is 31.7 Å². The number of ketones is 1. The van der Waals surface area contributed by atoms with Gasteiger partial charge in [0, 0.05) is 16.9 Å². The van der Waals surface area contributed by atoms with E-state index >= 15 is 0 Å². The van der Waals surface area contributed by atoms with E-state index in [0.717, 1.165) is 16.9 Å². The molecule has 1 amide bonds. The van der Waals surface area contributed by atoms with Crippen LogP contribution in [-0.2, 0) is 35.7 Å². The number of hydroxylamine groups is 2. The van der Waals surface area contributed by atoms with Gasteiger partial charge in [-0.15, -0.1) is 15.6 Å². The molecular formula is C22H28N6O7S2. The average molecular weight is 553 g/mol. The average Bonchev–Trinajstić information content (AvgIpc) is 3.24. The molecule has 37 heavy (non-hydrogen) atoms. The smallest absolute Gasteiger partial charge is 0.390 e. The van der Waals surface area contributed by atoms with Gasteiger partial charge in [-0.1, -0.05) is 43.3 Å². The van der Waals surface area contributed by atoms with Gasteiger partial charge in [-0.2, -0.15) is 13.5 Å². The molecule has 15 heteroatoms. The van der Waals surface area contributed by atoms with Crippen LogP contribution in [0.5, 0.6) is 0 Å². The Morgan fingerprint density at radius 3 is 2.43 bits per heavy atom. The molecule has 1 aliphatic rings. The van der Waals surface area contributed by atoms with Crippen molar-refractivity contribution in [2.24, 2.45) is 28.6 Å². The zero-order valence-corrected chi connectivity index (χ0v) is 22.2. The third-order valence-electron chi connectivity index (χ3n) is 6.30. The van der Waals surface area contributed by atoms with E-state index in [9.17, 15) is 18.0 Å². The number of Topliss-reactive ketones (excluding diaryl/α,β-unsaturated/α-hetero) is 1. The number of nitrogens with zero attached hydrogens (tertiary/aromatic N) is 3. The molecule has 0 saturated carbocycles. The number of β-lactam (4-membered cyclic amide) rings is 1. The molecule has 0 bridgehead atoms. The number of thiazole rings is 1. The monoisotopic (exact) mass is 552 g/mol. The van der Waals surface area contributed by atoms with Gasteiger partial charge in [0.25, 0.3) is 5.91 Å². The Morgan fingerprint density at radius 2 is 1.95 bits per heavy atom. The van der Waals surface area contributed by atoms with Gasteiger partial charge < -0.3 is 16.3 Å². The van der Waals surface area contributed by atoms with Crippen molar-refractivity contribution >= 4 is 50.1 Å². The van der Waals surface area contributed by atoms with Crippen LogP contribution < -0.4 is 11.5 Å². The Bertz CT molecular complexity index is 1340. The first-order chi connectivity index (χ1) is 17.1. The molecule has 0 spiro atoms. The first kappa shape index (κ1) is 28.2. The van der Waals surface area contributed by atoms with Gasteiger partial charge in [0.2, 0.25) is 0 Å². The quantitative estimate of drug-likeness (QED) is 0.104. The molecule has 6 N–H and O–H groups in total. The van der Waals surface area contributed by atoms with E-state index in [1.54, 1.807) is 57.3 Å². The number of rotatable bonds is 11. The summed E-state index contributed by atoms with van der Waals surface area (Å²) in [5.41, 5.74) is 11.5. The molecule has 2 aromatic rings. The fraction of sp³-hybridized carbons (Fsp3) is 0.409. The summed E-state index contributed by atoms with van der Waals surface area (Å²) in [7, 11) is -4.89. The highest BCUT2D eigenvalue weighted by Gasteiger charge is 2.60. The molecule has 200 valence electrons. The van der Waals surface area contributed by atoms with Crippen LogP contribution in [0.15, 0.2) is 34.8 Å². The van der Waals surface area contributed by atoms with Gasteiger partial charge in [-0.3, -0.25) is 19.6 Å². The van der Waals surface area contributed by atoms with E-state index in [1.165, 1.54) is 0 Å². The number of carbonyl (C=O) groups excluding carboxylic acids is 2. The van der Waals surface area contributed by atoms with Crippen LogP contribution in [0.25, 0.3) is 0 Å². The number of nitrogens with one attached hydrogen (secondary N) is 1. The summed E-state index contributed by atoms with van der Waals surface area (Å²) in [6, 6.07) is 6.75. The molecule has 1 aromatic carbocycles. The van der Waals surface area contributed by atoms with Crippen molar-refractivity contribution in [1.29, 1.82) is 5.41 Å². The summed E-state index contributed by atoms with van der Waals surface area (Å²) in [5.74, 6) is -3.32. The summed E-state index contributed by atoms with van der Waals surface area (Å²) in [6.45, 7) is 6.45. The Hall–Kier alpha value is -3.40. The summed E-state index contributed by atoms with van der Waals surface area (Å²) >= 11 is 1.12. The van der Waals surface area contributed by atoms with E-state index in [2.05, 4.69) is 14.4 Å². The van der Waals surface area contributed by atoms with Gasteiger partial charge in [-0.05, 0) is 25.3 Å². The second-order valence-corrected chi connectivity index (χ2v) is 11.1. The number of aromatic nitrogens is 1. The number of amidine groups is 1. The minimum atomic E-state index is -4.89. The molecule has 1 aromatic heterocycles. The van der Waals surface area contributed by atoms with Crippen molar-refractivity contribution in [3.05, 3.63) is 46.5 Å². The number of amides is 1. The van der Waals surface area contributed by atoms with Crippen LogP contribution in [0.1, 0.15) is 44.5 Å². The van der Waals surface area contributed by atoms with Crippen molar-refractivity contribution in [2.75, 3.05) is 5.73 Å². The van der Waals surface area contributed by atoms with E-state index in [-0.39, 0.29) is 29.0 Å². The number of nitrogen functional groups attached to an aromatic ring is 2. The number of nitrogens with two attached hydrogens (primary N) is 2. The molecule has 1 aliphatic heterocycles. The molecule has 3 unspecified atom stereocenters. The lowest BCUT2D eigenvalue weighted by Gasteiger charge is -2.53. The zero-order valence-electron chi connectivity index (χ0n) is 20.5. The minimum Gasteiger partial charge on any atom is -0.390 e. The van der Waals surface area contributed by atoms with E-state index in [1.807, 2.05) is 0 Å². The highest BCUT2D eigenvalue weighted by Crippen LogP contribution is 2.45. The Labute approximate surface area is 217 Å². The van der Waals surface area contributed by atoms with Crippen molar-refractivity contribution in [1.82, 2.24) is 10.0 Å². The molecule has 0 radical (unpaired) electrons. The fourth-order valence-electron chi connectivity index (χ4n) is 4.18. The van der Waals surface area contributed by atoms with Crippen molar-refractivity contribution in [2.45, 2.75) is 39.8 Å². The molecule has 2 heterocycles. The van der Waals surface area contributed by atoms with Gasteiger partial charge in [0.15, 0.2) is 16.6 Å². The highest BCUT2D eigenvalue weighted by atomic mass is 32.3. The topological polar surface area (TPSA) is 211 Å². The predicted molar refractivity (Wildman–Crippen MR) is 136 cm³/mol. The fourth-order valence-corrected chi connectivity index (χ4v) is 5.18. The van der Waals surface area contributed by atoms with E-state index in [4.69, 9.17) is 26.3 Å².